The summed E-state index contributed by atoms with van der Waals surface area (Å²) in [5, 5.41) is 0.341. The molecule has 1 aromatic heterocycles. The third-order valence-electron chi connectivity index (χ3n) is 2.28. The van der Waals surface area contributed by atoms with Crippen molar-refractivity contribution in [1.29, 1.82) is 0 Å². The van der Waals surface area contributed by atoms with Crippen molar-refractivity contribution in [3.05, 3.63) is 23.9 Å². The van der Waals surface area contributed by atoms with Crippen molar-refractivity contribution in [2.75, 3.05) is 12.8 Å². The molecule has 86 valence electrons. The lowest BCUT2D eigenvalue weighted by molar-refractivity contribution is -0.140. The molecule has 0 aliphatic carbocycles. The molecule has 3 nitrogen and oxygen atoms in total. The van der Waals surface area contributed by atoms with Gasteiger partial charge in [-0.2, -0.15) is 13.2 Å². The second-order valence-electron chi connectivity index (χ2n) is 3.36. The summed E-state index contributed by atoms with van der Waals surface area (Å²) in [5.74, 6) is 0.417. The summed E-state index contributed by atoms with van der Waals surface area (Å²) < 4.78 is 42.2. The Balaban J connectivity index is 2.66. The van der Waals surface area contributed by atoms with Crippen LogP contribution in [0.4, 0.5) is 18.9 Å². The van der Waals surface area contributed by atoms with Crippen LogP contribution >= 0.6 is 0 Å². The fraction of sp³-hybridized carbons (Fsp3) is 0.200. The maximum absolute atomic E-state index is 12.4. The number of hydrogen-bond acceptors (Lipinski definition) is 2. The highest BCUT2D eigenvalue weighted by molar-refractivity contribution is 5.93. The van der Waals surface area contributed by atoms with Crippen molar-refractivity contribution in [1.82, 2.24) is 4.98 Å². The van der Waals surface area contributed by atoms with E-state index in [4.69, 9.17) is 10.5 Å². The molecule has 0 aliphatic rings. The number of benzene rings is 1. The average Bonchev–Trinajstić information content (AvgIpc) is 2.61. The van der Waals surface area contributed by atoms with Crippen molar-refractivity contribution >= 4 is 16.6 Å². The molecular formula is C10H9F3N2O. The first-order valence-electron chi connectivity index (χ1n) is 4.45. The predicted molar refractivity (Wildman–Crippen MR) is 54.3 cm³/mol. The molecule has 0 bridgehead atoms. The number of aromatic nitrogens is 1. The lowest BCUT2D eigenvalue weighted by Gasteiger charge is -2.02. The van der Waals surface area contributed by atoms with Gasteiger partial charge in [-0.25, -0.2) is 0 Å². The van der Waals surface area contributed by atoms with Crippen molar-refractivity contribution in [3.8, 4) is 5.75 Å². The predicted octanol–water partition coefficient (Wildman–Crippen LogP) is 2.78. The summed E-state index contributed by atoms with van der Waals surface area (Å²) in [6.45, 7) is 0. The van der Waals surface area contributed by atoms with Crippen LogP contribution in [-0.2, 0) is 6.18 Å². The minimum absolute atomic E-state index is 0.251. The maximum atomic E-state index is 12.4. The van der Waals surface area contributed by atoms with Gasteiger partial charge in [-0.3, -0.25) is 0 Å². The fourth-order valence-corrected chi connectivity index (χ4v) is 1.51. The van der Waals surface area contributed by atoms with Gasteiger partial charge >= 0.3 is 6.18 Å². The molecule has 1 heterocycles. The van der Waals surface area contributed by atoms with Gasteiger partial charge in [0.25, 0.3) is 0 Å². The Morgan fingerprint density at radius 1 is 1.25 bits per heavy atom. The van der Waals surface area contributed by atoms with Crippen LogP contribution in [0.3, 0.4) is 0 Å². The van der Waals surface area contributed by atoms with E-state index in [0.29, 0.717) is 16.7 Å². The molecule has 0 spiro atoms. The molecule has 0 amide bonds. The lowest BCUT2D eigenvalue weighted by atomic mass is 10.2. The summed E-state index contributed by atoms with van der Waals surface area (Å²) in [4.78, 5) is 2.27. The number of H-pyrrole nitrogens is 1. The van der Waals surface area contributed by atoms with E-state index in [1.807, 2.05) is 0 Å². The van der Waals surface area contributed by atoms with Crippen molar-refractivity contribution in [3.63, 3.8) is 0 Å². The van der Waals surface area contributed by atoms with Crippen LogP contribution in [0.2, 0.25) is 0 Å². The third-order valence-corrected chi connectivity index (χ3v) is 2.28. The Morgan fingerprint density at radius 2 is 1.94 bits per heavy atom. The van der Waals surface area contributed by atoms with E-state index >= 15 is 0 Å². The number of aromatic amines is 1. The van der Waals surface area contributed by atoms with E-state index in [0.717, 1.165) is 6.07 Å². The topological polar surface area (TPSA) is 51.0 Å². The van der Waals surface area contributed by atoms with Gasteiger partial charge in [0.15, 0.2) is 0 Å². The SMILES string of the molecule is COc1cc(N)c2cc(C(F)(F)F)[nH]c2c1. The Bertz CT molecular complexity index is 531. The van der Waals surface area contributed by atoms with Crippen LogP contribution in [0.25, 0.3) is 10.9 Å². The van der Waals surface area contributed by atoms with Crippen molar-refractivity contribution < 1.29 is 17.9 Å². The molecule has 2 rings (SSSR count). The first-order valence-corrected chi connectivity index (χ1v) is 4.45. The fourth-order valence-electron chi connectivity index (χ4n) is 1.51. The highest BCUT2D eigenvalue weighted by atomic mass is 19.4. The minimum atomic E-state index is -4.40. The number of methoxy groups -OCH3 is 1. The quantitative estimate of drug-likeness (QED) is 0.740. The van der Waals surface area contributed by atoms with Gasteiger partial charge in [0.1, 0.15) is 11.4 Å². The number of nitrogens with two attached hydrogens (primary N) is 1. The standard InChI is InChI=1S/C10H9F3N2O/c1-16-5-2-7(14)6-4-9(10(11,12)13)15-8(6)3-5/h2-4,15H,14H2,1H3. The van der Waals surface area contributed by atoms with Crippen molar-refractivity contribution in [2.45, 2.75) is 6.18 Å². The molecule has 0 saturated heterocycles. The van der Waals surface area contributed by atoms with Gasteiger partial charge in [-0.05, 0) is 6.07 Å². The third kappa shape index (κ3) is 1.66. The van der Waals surface area contributed by atoms with E-state index in [1.165, 1.54) is 19.2 Å². The molecule has 0 aliphatic heterocycles. The summed E-state index contributed by atoms with van der Waals surface area (Å²) in [5.41, 5.74) is 5.37. The zero-order valence-electron chi connectivity index (χ0n) is 8.35. The zero-order valence-corrected chi connectivity index (χ0v) is 8.35. The number of ether oxygens (including phenoxy) is 1. The number of fused-ring (bicyclic) bond motifs is 1. The van der Waals surface area contributed by atoms with E-state index in [1.54, 1.807) is 0 Å². The largest absolute Gasteiger partial charge is 0.497 e. The summed E-state index contributed by atoms with van der Waals surface area (Å²) in [6.07, 6.45) is -4.40. The molecule has 16 heavy (non-hydrogen) atoms. The lowest BCUT2D eigenvalue weighted by Crippen LogP contribution is -2.04. The van der Waals surface area contributed by atoms with Crippen molar-refractivity contribution in [2.24, 2.45) is 0 Å². The van der Waals surface area contributed by atoms with Crippen LogP contribution in [0, 0.1) is 0 Å². The minimum Gasteiger partial charge on any atom is -0.497 e. The van der Waals surface area contributed by atoms with Gasteiger partial charge in [-0.15, -0.1) is 0 Å². The van der Waals surface area contributed by atoms with Crippen LogP contribution < -0.4 is 10.5 Å². The van der Waals surface area contributed by atoms with Crippen LogP contribution in [0.5, 0.6) is 5.75 Å². The molecule has 2 aromatic rings. The van der Waals surface area contributed by atoms with E-state index < -0.39 is 11.9 Å². The summed E-state index contributed by atoms with van der Waals surface area (Å²) in [7, 11) is 1.42. The molecule has 0 atom stereocenters. The molecule has 0 fully saturated rings. The molecule has 0 radical (unpaired) electrons. The smallest absolute Gasteiger partial charge is 0.431 e. The number of rotatable bonds is 1. The molecule has 3 N–H and O–H groups in total. The van der Waals surface area contributed by atoms with Crippen LogP contribution in [0.15, 0.2) is 18.2 Å². The number of alkyl halides is 3. The monoisotopic (exact) mass is 230 g/mol. The highest BCUT2D eigenvalue weighted by Crippen LogP contribution is 2.34. The maximum Gasteiger partial charge on any atom is 0.431 e. The normalized spacial score (nSPS) is 12.0. The van der Waals surface area contributed by atoms with E-state index in [9.17, 15) is 13.2 Å². The molecule has 0 saturated carbocycles. The van der Waals surface area contributed by atoms with Gasteiger partial charge < -0.3 is 15.5 Å². The van der Waals surface area contributed by atoms with Crippen LogP contribution in [-0.4, -0.2) is 12.1 Å². The van der Waals surface area contributed by atoms with E-state index in [2.05, 4.69) is 4.98 Å². The Hall–Kier alpha value is -1.85. The molecular weight excluding hydrogens is 221 g/mol. The molecule has 1 aromatic carbocycles. The second kappa shape index (κ2) is 3.33. The Kier molecular flexibility index (Phi) is 2.22. The van der Waals surface area contributed by atoms with Gasteiger partial charge in [0.05, 0.1) is 12.6 Å². The summed E-state index contributed by atoms with van der Waals surface area (Å²) >= 11 is 0. The summed E-state index contributed by atoms with van der Waals surface area (Å²) in [6, 6.07) is 3.95. The highest BCUT2D eigenvalue weighted by Gasteiger charge is 2.32. The van der Waals surface area contributed by atoms with Gasteiger partial charge in [-0.1, -0.05) is 0 Å². The Morgan fingerprint density at radius 3 is 2.50 bits per heavy atom. The van der Waals surface area contributed by atoms with Gasteiger partial charge in [0, 0.05) is 23.2 Å². The van der Waals surface area contributed by atoms with E-state index in [-0.39, 0.29) is 5.69 Å². The first-order chi connectivity index (χ1) is 7.41. The zero-order chi connectivity index (χ0) is 11.9. The number of anilines is 1. The first kappa shape index (κ1) is 10.7. The number of nitrogen functional groups attached to an aromatic ring is 1. The molecule has 6 heteroatoms. The number of halogens is 3. The van der Waals surface area contributed by atoms with Crippen LogP contribution in [0.1, 0.15) is 5.69 Å². The number of hydrogen-bond donors (Lipinski definition) is 2. The second-order valence-corrected chi connectivity index (χ2v) is 3.36. The Labute approximate surface area is 89.0 Å². The van der Waals surface area contributed by atoms with Gasteiger partial charge in [0.2, 0.25) is 0 Å². The number of nitrogens with one attached hydrogen (secondary N) is 1. The average molecular weight is 230 g/mol. The molecule has 0 unspecified atom stereocenters.